The highest BCUT2D eigenvalue weighted by Gasteiger charge is 2.55. The molecule has 2 heterocycles. The van der Waals surface area contributed by atoms with E-state index in [1.807, 2.05) is 0 Å². The normalized spacial score (nSPS) is 44.7. The summed E-state index contributed by atoms with van der Waals surface area (Å²) in [4.78, 5) is 0. The molecule has 0 amide bonds. The predicted molar refractivity (Wildman–Crippen MR) is 49.5 cm³/mol. The molecule has 2 saturated heterocycles. The van der Waals surface area contributed by atoms with Crippen molar-refractivity contribution in [1.29, 1.82) is 0 Å². The number of aliphatic hydroxyl groups excluding tert-OH is 2. The molecule has 0 unspecified atom stereocenters. The van der Waals surface area contributed by atoms with Crippen molar-refractivity contribution >= 4 is 0 Å². The van der Waals surface area contributed by atoms with Gasteiger partial charge in [0, 0.05) is 0 Å². The largest absolute Gasteiger partial charge is 0.387 e. The summed E-state index contributed by atoms with van der Waals surface area (Å²) in [6.45, 7) is 3.46. The topological polar surface area (TPSA) is 68.2 Å². The fourth-order valence-corrected chi connectivity index (χ4v) is 1.87. The molecule has 2 fully saturated rings. The summed E-state index contributed by atoms with van der Waals surface area (Å²) < 4.78 is 16.1. The van der Waals surface area contributed by atoms with Crippen LogP contribution in [0, 0.1) is 12.3 Å². The maximum absolute atomic E-state index is 9.81. The van der Waals surface area contributed by atoms with E-state index in [1.165, 1.54) is 0 Å². The molecule has 15 heavy (non-hydrogen) atoms. The molecule has 0 aromatic rings. The van der Waals surface area contributed by atoms with Gasteiger partial charge in [-0.3, -0.25) is 0 Å². The van der Waals surface area contributed by atoms with E-state index in [0.717, 1.165) is 0 Å². The zero-order valence-electron chi connectivity index (χ0n) is 8.58. The summed E-state index contributed by atoms with van der Waals surface area (Å²) in [5.74, 6) is 1.33. The van der Waals surface area contributed by atoms with Crippen LogP contribution in [-0.2, 0) is 14.2 Å². The smallest absolute Gasteiger partial charge is 0.190 e. The minimum absolute atomic E-state index is 0.590. The van der Waals surface area contributed by atoms with Gasteiger partial charge in [-0.2, -0.15) is 0 Å². The molecular formula is C10H14O5. The van der Waals surface area contributed by atoms with Gasteiger partial charge in [0.2, 0.25) is 0 Å². The van der Waals surface area contributed by atoms with Gasteiger partial charge < -0.3 is 24.4 Å². The van der Waals surface area contributed by atoms with Crippen LogP contribution >= 0.6 is 0 Å². The Kier molecular flexibility index (Phi) is 2.49. The van der Waals surface area contributed by atoms with E-state index in [0.29, 0.717) is 0 Å². The van der Waals surface area contributed by atoms with E-state index >= 15 is 0 Å². The molecule has 0 spiro atoms. The lowest BCUT2D eigenvalue weighted by Gasteiger charge is -2.23. The van der Waals surface area contributed by atoms with E-state index in [9.17, 15) is 10.2 Å². The zero-order chi connectivity index (χ0) is 11.2. The van der Waals surface area contributed by atoms with E-state index in [1.54, 1.807) is 13.8 Å². The van der Waals surface area contributed by atoms with Crippen molar-refractivity contribution < 1.29 is 24.4 Å². The van der Waals surface area contributed by atoms with Gasteiger partial charge >= 0.3 is 0 Å². The monoisotopic (exact) mass is 214 g/mol. The van der Waals surface area contributed by atoms with Crippen molar-refractivity contribution in [3.05, 3.63) is 0 Å². The minimum atomic E-state index is -1.15. The molecule has 0 bridgehead atoms. The van der Waals surface area contributed by atoms with Gasteiger partial charge in [0.15, 0.2) is 12.1 Å². The summed E-state index contributed by atoms with van der Waals surface area (Å²) in [6.07, 6.45) is 0.824. The van der Waals surface area contributed by atoms with Crippen LogP contribution < -0.4 is 0 Å². The molecule has 0 saturated carbocycles. The number of hydrogen-bond donors (Lipinski definition) is 2. The molecule has 0 aliphatic carbocycles. The third-order valence-electron chi connectivity index (χ3n) is 2.53. The molecule has 2 rings (SSSR count). The van der Waals surface area contributed by atoms with Gasteiger partial charge in [0.25, 0.3) is 0 Å². The summed E-state index contributed by atoms with van der Waals surface area (Å²) in [5, 5.41) is 19.2. The van der Waals surface area contributed by atoms with Crippen molar-refractivity contribution in [3.63, 3.8) is 0 Å². The van der Waals surface area contributed by atoms with E-state index < -0.39 is 36.5 Å². The maximum atomic E-state index is 9.81. The van der Waals surface area contributed by atoms with Gasteiger partial charge in [0.1, 0.15) is 24.4 Å². The van der Waals surface area contributed by atoms with Crippen molar-refractivity contribution in [2.24, 2.45) is 0 Å². The number of ether oxygens (including phenoxy) is 3. The third kappa shape index (κ3) is 1.75. The molecule has 2 aliphatic heterocycles. The standard InChI is InChI=1S/C10H14O5/c1-4-5(11)7-6(12)8-9(13-7)15-10(2,3)14-8/h1,5-9,11-12H,2-3H3/t5-,6-,7+,8+,9+/m0/s1. The second kappa shape index (κ2) is 3.44. The SMILES string of the molecule is C#C[C@H](O)[C@H]1O[C@@H]2OC(C)(C)O[C@@H]2[C@H]1O. The molecule has 5 heteroatoms. The van der Waals surface area contributed by atoms with E-state index in [4.69, 9.17) is 20.6 Å². The van der Waals surface area contributed by atoms with Gasteiger partial charge in [-0.25, -0.2) is 0 Å². The van der Waals surface area contributed by atoms with Crippen LogP contribution in [0.15, 0.2) is 0 Å². The van der Waals surface area contributed by atoms with E-state index in [-0.39, 0.29) is 0 Å². The summed E-state index contributed by atoms with van der Waals surface area (Å²) in [6, 6.07) is 0. The Morgan fingerprint density at radius 2 is 2.07 bits per heavy atom. The lowest BCUT2D eigenvalue weighted by atomic mass is 10.1. The lowest BCUT2D eigenvalue weighted by Crippen LogP contribution is -2.40. The van der Waals surface area contributed by atoms with Gasteiger partial charge in [-0.1, -0.05) is 5.92 Å². The maximum Gasteiger partial charge on any atom is 0.190 e. The number of aliphatic hydroxyl groups is 2. The first-order valence-corrected chi connectivity index (χ1v) is 4.78. The molecule has 0 radical (unpaired) electrons. The molecule has 84 valence electrons. The van der Waals surface area contributed by atoms with E-state index in [2.05, 4.69) is 5.92 Å². The van der Waals surface area contributed by atoms with Crippen LogP contribution in [0.1, 0.15) is 13.8 Å². The average Bonchev–Trinajstić information content (AvgIpc) is 2.60. The zero-order valence-corrected chi connectivity index (χ0v) is 8.58. The van der Waals surface area contributed by atoms with Crippen molar-refractivity contribution in [2.75, 3.05) is 0 Å². The Balaban J connectivity index is 2.09. The molecule has 5 atom stereocenters. The van der Waals surface area contributed by atoms with Gasteiger partial charge in [-0.05, 0) is 13.8 Å². The Labute approximate surface area is 87.9 Å². The summed E-state index contributed by atoms with van der Waals surface area (Å²) in [5.41, 5.74) is 0. The highest BCUT2D eigenvalue weighted by molar-refractivity contribution is 5.05. The van der Waals surface area contributed by atoms with Crippen LogP contribution in [0.25, 0.3) is 0 Å². The number of terminal acetylenes is 1. The first kappa shape index (κ1) is 10.9. The highest BCUT2D eigenvalue weighted by atomic mass is 16.8. The van der Waals surface area contributed by atoms with Gasteiger partial charge in [-0.15, -0.1) is 6.42 Å². The number of rotatable bonds is 1. The molecule has 2 aliphatic rings. The lowest BCUT2D eigenvalue weighted by molar-refractivity contribution is -0.222. The fourth-order valence-electron chi connectivity index (χ4n) is 1.87. The van der Waals surface area contributed by atoms with Crippen LogP contribution in [-0.4, -0.2) is 46.7 Å². The molecule has 2 N–H and O–H groups in total. The Hall–Kier alpha value is -0.640. The third-order valence-corrected chi connectivity index (χ3v) is 2.53. The Morgan fingerprint density at radius 1 is 1.40 bits per heavy atom. The van der Waals surface area contributed by atoms with Crippen molar-refractivity contribution in [2.45, 2.75) is 50.3 Å². The average molecular weight is 214 g/mol. The number of hydrogen-bond acceptors (Lipinski definition) is 5. The molecule has 0 aromatic carbocycles. The van der Waals surface area contributed by atoms with Crippen LogP contribution in [0.2, 0.25) is 0 Å². The predicted octanol–water partition coefficient (Wildman–Crippen LogP) is -0.782. The van der Waals surface area contributed by atoms with Gasteiger partial charge in [0.05, 0.1) is 0 Å². The number of fused-ring (bicyclic) bond motifs is 1. The van der Waals surface area contributed by atoms with Crippen molar-refractivity contribution in [3.8, 4) is 12.3 Å². The van der Waals surface area contributed by atoms with Crippen LogP contribution in [0.3, 0.4) is 0 Å². The minimum Gasteiger partial charge on any atom is -0.387 e. The Morgan fingerprint density at radius 3 is 2.60 bits per heavy atom. The van der Waals surface area contributed by atoms with Crippen LogP contribution in [0.4, 0.5) is 0 Å². The summed E-state index contributed by atoms with van der Waals surface area (Å²) >= 11 is 0. The Bertz CT molecular complexity index is 295. The molecule has 5 nitrogen and oxygen atoms in total. The van der Waals surface area contributed by atoms with Crippen molar-refractivity contribution in [1.82, 2.24) is 0 Å². The second-order valence-electron chi connectivity index (χ2n) is 4.17. The first-order chi connectivity index (χ1) is 6.94. The fraction of sp³-hybridized carbons (Fsp3) is 0.800. The quantitative estimate of drug-likeness (QED) is 0.560. The first-order valence-electron chi connectivity index (χ1n) is 4.78. The van der Waals surface area contributed by atoms with Crippen LogP contribution in [0.5, 0.6) is 0 Å². The summed E-state index contributed by atoms with van der Waals surface area (Å²) in [7, 11) is 0. The second-order valence-corrected chi connectivity index (χ2v) is 4.17. The molecular weight excluding hydrogens is 200 g/mol. The molecule has 0 aromatic heterocycles. The highest BCUT2D eigenvalue weighted by Crippen LogP contribution is 2.38.